The molecular formula is C21H32O9. The van der Waals surface area contributed by atoms with Crippen molar-refractivity contribution in [2.75, 3.05) is 0 Å². The van der Waals surface area contributed by atoms with E-state index in [1.807, 2.05) is 0 Å². The Bertz CT molecular complexity index is 708. The first-order valence-corrected chi connectivity index (χ1v) is 9.64. The molecule has 0 aliphatic heterocycles. The summed E-state index contributed by atoms with van der Waals surface area (Å²) in [6, 6.07) is 0. The molecule has 0 saturated carbocycles. The van der Waals surface area contributed by atoms with Crippen LogP contribution in [0.2, 0.25) is 0 Å². The van der Waals surface area contributed by atoms with Crippen molar-refractivity contribution in [3.05, 3.63) is 0 Å². The van der Waals surface area contributed by atoms with Gasteiger partial charge >= 0.3 is 0 Å². The highest BCUT2D eigenvalue weighted by Crippen LogP contribution is 2.45. The van der Waals surface area contributed by atoms with Crippen molar-refractivity contribution >= 4 is 34.7 Å². The van der Waals surface area contributed by atoms with Gasteiger partial charge in [0.2, 0.25) is 0 Å². The summed E-state index contributed by atoms with van der Waals surface area (Å²) in [5, 5.41) is 34.1. The van der Waals surface area contributed by atoms with E-state index in [1.165, 1.54) is 6.92 Å². The van der Waals surface area contributed by atoms with E-state index in [2.05, 4.69) is 0 Å². The first-order valence-electron chi connectivity index (χ1n) is 9.64. The lowest BCUT2D eigenvalue weighted by atomic mass is 9.61. The fourth-order valence-corrected chi connectivity index (χ4v) is 3.80. The summed E-state index contributed by atoms with van der Waals surface area (Å²) in [6.07, 6.45) is -4.60. The molecule has 9 nitrogen and oxygen atoms in total. The van der Waals surface area contributed by atoms with Gasteiger partial charge in [0.1, 0.15) is 51.5 Å². The maximum Gasteiger partial charge on any atom is 0.136 e. The molecule has 0 heterocycles. The van der Waals surface area contributed by atoms with E-state index in [-0.39, 0.29) is 18.6 Å². The second kappa shape index (κ2) is 10.8. The molecule has 3 N–H and O–H groups in total. The second-order valence-corrected chi connectivity index (χ2v) is 8.36. The van der Waals surface area contributed by atoms with Gasteiger partial charge in [0.15, 0.2) is 0 Å². The van der Waals surface area contributed by atoms with Crippen molar-refractivity contribution in [3.8, 4) is 0 Å². The highest BCUT2D eigenvalue weighted by Gasteiger charge is 2.63. The number of ketones is 6. The van der Waals surface area contributed by atoms with E-state index in [9.17, 15) is 44.1 Å². The fourth-order valence-electron chi connectivity index (χ4n) is 3.80. The number of aliphatic hydroxyl groups is 3. The molecule has 2 unspecified atom stereocenters. The lowest BCUT2D eigenvalue weighted by Gasteiger charge is -2.51. The zero-order valence-electron chi connectivity index (χ0n) is 18.2. The Kier molecular flexibility index (Phi) is 10.0. The number of Topliss-reactive ketones (excluding diaryl/α,β-unsaturated/α-hetero) is 6. The van der Waals surface area contributed by atoms with Gasteiger partial charge < -0.3 is 20.1 Å². The molecule has 170 valence electrons. The molecule has 0 aromatic rings. The topological polar surface area (TPSA) is 163 Å². The SMILES string of the molecule is CC(=O)CCC(=O)CC(O)(CC(C)=O)C(O)(CC(C)=O)C(O)(CC(C)=O)CC(C)=O. The standard InChI is InChI=1S/C21H32O9/c1-13(22)6-7-18(27)12-20(29,10-16(4)25)21(30,11-17(5)26)19(28,8-14(2)23)9-15(3)24/h28-30H,6-12H2,1-5H3. The molecule has 30 heavy (non-hydrogen) atoms. The van der Waals surface area contributed by atoms with Gasteiger partial charge in [-0.3, -0.25) is 24.0 Å². The Morgan fingerprint density at radius 3 is 1.13 bits per heavy atom. The van der Waals surface area contributed by atoms with Crippen LogP contribution in [-0.2, 0) is 28.8 Å². The summed E-state index contributed by atoms with van der Waals surface area (Å²) in [5.74, 6) is -3.64. The predicted molar refractivity (Wildman–Crippen MR) is 106 cm³/mol. The fraction of sp³-hybridized carbons (Fsp3) is 0.714. The van der Waals surface area contributed by atoms with Crippen molar-refractivity contribution in [3.63, 3.8) is 0 Å². The van der Waals surface area contributed by atoms with Crippen molar-refractivity contribution in [2.45, 2.75) is 96.4 Å². The second-order valence-electron chi connectivity index (χ2n) is 8.36. The van der Waals surface area contributed by atoms with Crippen LogP contribution in [0, 0.1) is 0 Å². The zero-order chi connectivity index (χ0) is 23.9. The van der Waals surface area contributed by atoms with Crippen LogP contribution in [0.4, 0.5) is 0 Å². The molecule has 0 aromatic carbocycles. The third kappa shape index (κ3) is 7.62. The minimum atomic E-state index is -2.86. The lowest BCUT2D eigenvalue weighted by molar-refractivity contribution is -0.250. The number of hydrogen-bond donors (Lipinski definition) is 3. The predicted octanol–water partition coefficient (Wildman–Crippen LogP) is 0.424. The Morgan fingerprint density at radius 1 is 0.500 bits per heavy atom. The molecule has 0 saturated heterocycles. The molecule has 0 bridgehead atoms. The van der Waals surface area contributed by atoms with Gasteiger partial charge in [0.05, 0.1) is 0 Å². The van der Waals surface area contributed by atoms with Gasteiger partial charge in [-0.25, -0.2) is 0 Å². The Morgan fingerprint density at radius 2 is 0.833 bits per heavy atom. The van der Waals surface area contributed by atoms with E-state index in [0.29, 0.717) is 0 Å². The first kappa shape index (κ1) is 27.9. The lowest BCUT2D eigenvalue weighted by Crippen LogP contribution is -2.70. The van der Waals surface area contributed by atoms with Crippen LogP contribution in [0.15, 0.2) is 0 Å². The van der Waals surface area contributed by atoms with Crippen LogP contribution < -0.4 is 0 Å². The summed E-state index contributed by atoms with van der Waals surface area (Å²) < 4.78 is 0. The molecule has 9 heteroatoms. The normalized spacial score (nSPS) is 15.6. The summed E-state index contributed by atoms with van der Waals surface area (Å²) in [4.78, 5) is 71.0. The monoisotopic (exact) mass is 428 g/mol. The molecule has 0 aliphatic carbocycles. The summed E-state index contributed by atoms with van der Waals surface area (Å²) in [5.41, 5.74) is -8.12. The van der Waals surface area contributed by atoms with Crippen molar-refractivity contribution in [2.24, 2.45) is 0 Å². The van der Waals surface area contributed by atoms with Gasteiger partial charge in [-0.1, -0.05) is 0 Å². The minimum absolute atomic E-state index is 0.134. The van der Waals surface area contributed by atoms with Crippen LogP contribution in [0.1, 0.15) is 79.6 Å². The third-order valence-electron chi connectivity index (χ3n) is 4.91. The van der Waals surface area contributed by atoms with E-state index in [0.717, 1.165) is 27.7 Å². The number of rotatable bonds is 15. The Hall–Kier alpha value is -2.10. The summed E-state index contributed by atoms with van der Waals surface area (Å²) in [7, 11) is 0. The van der Waals surface area contributed by atoms with E-state index in [4.69, 9.17) is 0 Å². The molecule has 0 fully saturated rings. The molecule has 0 aromatic heterocycles. The third-order valence-corrected chi connectivity index (χ3v) is 4.91. The highest BCUT2D eigenvalue weighted by atomic mass is 16.4. The average Bonchev–Trinajstić information content (AvgIpc) is 2.49. The highest BCUT2D eigenvalue weighted by molar-refractivity contribution is 5.88. The minimum Gasteiger partial charge on any atom is -0.386 e. The van der Waals surface area contributed by atoms with E-state index in [1.54, 1.807) is 0 Å². The zero-order valence-corrected chi connectivity index (χ0v) is 18.2. The van der Waals surface area contributed by atoms with Crippen molar-refractivity contribution in [1.82, 2.24) is 0 Å². The van der Waals surface area contributed by atoms with Gasteiger partial charge in [-0.2, -0.15) is 0 Å². The smallest absolute Gasteiger partial charge is 0.136 e. The summed E-state index contributed by atoms with van der Waals surface area (Å²) >= 11 is 0. The van der Waals surface area contributed by atoms with Gasteiger partial charge in [-0.05, 0) is 34.6 Å². The van der Waals surface area contributed by atoms with Crippen LogP contribution >= 0.6 is 0 Å². The van der Waals surface area contributed by atoms with Crippen molar-refractivity contribution in [1.29, 1.82) is 0 Å². The quantitative estimate of drug-likeness (QED) is 0.335. The van der Waals surface area contributed by atoms with Crippen LogP contribution in [-0.4, -0.2) is 66.8 Å². The molecule has 0 radical (unpaired) electrons. The Balaban J connectivity index is 6.61. The first-order chi connectivity index (χ1) is 13.5. The van der Waals surface area contributed by atoms with E-state index >= 15 is 0 Å². The largest absolute Gasteiger partial charge is 0.386 e. The van der Waals surface area contributed by atoms with Gasteiger partial charge in [0.25, 0.3) is 0 Å². The number of carbonyl (C=O) groups excluding carboxylic acids is 6. The van der Waals surface area contributed by atoms with Crippen molar-refractivity contribution < 1.29 is 44.1 Å². The molecule has 0 rings (SSSR count). The molecule has 0 amide bonds. The number of carbonyl (C=O) groups is 6. The maximum atomic E-state index is 12.4. The maximum absolute atomic E-state index is 12.4. The Labute approximate surface area is 175 Å². The van der Waals surface area contributed by atoms with E-state index < -0.39 is 77.8 Å². The number of hydrogen-bond acceptors (Lipinski definition) is 9. The summed E-state index contributed by atoms with van der Waals surface area (Å²) in [6.45, 7) is 5.56. The molecule has 0 spiro atoms. The van der Waals surface area contributed by atoms with Gasteiger partial charge in [-0.15, -0.1) is 0 Å². The molecule has 0 aliphatic rings. The van der Waals surface area contributed by atoms with Gasteiger partial charge in [0, 0.05) is 44.9 Å². The molecular weight excluding hydrogens is 396 g/mol. The average molecular weight is 428 g/mol. The van der Waals surface area contributed by atoms with Crippen LogP contribution in [0.5, 0.6) is 0 Å². The van der Waals surface area contributed by atoms with Crippen LogP contribution in [0.3, 0.4) is 0 Å². The molecule has 2 atom stereocenters. The van der Waals surface area contributed by atoms with Crippen LogP contribution in [0.25, 0.3) is 0 Å².